The second-order valence-corrected chi connectivity index (χ2v) is 9.52. The zero-order valence-corrected chi connectivity index (χ0v) is 15.0. The first-order valence-electron chi connectivity index (χ1n) is 8.41. The van der Waals surface area contributed by atoms with Crippen LogP contribution < -0.4 is 0 Å². The molecule has 0 heterocycles. The van der Waals surface area contributed by atoms with Gasteiger partial charge < -0.3 is 8.85 Å². The fraction of sp³-hybridized carbons (Fsp3) is 1.00. The molecule has 0 aromatic rings. The molecule has 0 aromatic heterocycles. The number of hydrogen-bond donors (Lipinski definition) is 0. The Kier molecular flexibility index (Phi) is 12.0. The van der Waals surface area contributed by atoms with Gasteiger partial charge >= 0.3 is 8.56 Å². The van der Waals surface area contributed by atoms with E-state index in [4.69, 9.17) is 8.85 Å². The molecular formula is C16H36O2Si. The molecule has 0 aliphatic rings. The Labute approximate surface area is 122 Å². The van der Waals surface area contributed by atoms with Gasteiger partial charge in [-0.15, -0.1) is 0 Å². The molecule has 2 nitrogen and oxygen atoms in total. The number of rotatable bonds is 13. The molecule has 0 rings (SSSR count). The first-order chi connectivity index (χ1) is 9.14. The fourth-order valence-electron chi connectivity index (χ4n) is 2.08. The van der Waals surface area contributed by atoms with Gasteiger partial charge in [0.2, 0.25) is 0 Å². The summed E-state index contributed by atoms with van der Waals surface area (Å²) in [5.74, 6) is 0.651. The average Bonchev–Trinajstić information content (AvgIpc) is 2.46. The van der Waals surface area contributed by atoms with E-state index < -0.39 is 8.56 Å². The summed E-state index contributed by atoms with van der Waals surface area (Å²) in [6, 6.07) is 2.16. The minimum absolute atomic E-state index is 0.651. The van der Waals surface area contributed by atoms with Crippen LogP contribution in [-0.4, -0.2) is 21.8 Å². The van der Waals surface area contributed by atoms with Gasteiger partial charge in [-0.25, -0.2) is 0 Å². The predicted molar refractivity (Wildman–Crippen MR) is 86.8 cm³/mol. The van der Waals surface area contributed by atoms with Crippen molar-refractivity contribution in [3.63, 3.8) is 0 Å². The van der Waals surface area contributed by atoms with Gasteiger partial charge in [0.25, 0.3) is 0 Å². The van der Waals surface area contributed by atoms with E-state index in [1.54, 1.807) is 0 Å². The molecule has 0 aromatic carbocycles. The predicted octanol–water partition coefficient (Wildman–Crippen LogP) is 5.52. The molecule has 116 valence electrons. The molecule has 1 atom stereocenters. The van der Waals surface area contributed by atoms with E-state index in [9.17, 15) is 0 Å². The maximum atomic E-state index is 6.23. The van der Waals surface area contributed by atoms with Crippen LogP contribution in [-0.2, 0) is 8.85 Å². The van der Waals surface area contributed by atoms with Crippen LogP contribution in [0.5, 0.6) is 0 Å². The lowest BCUT2D eigenvalue weighted by Crippen LogP contribution is -2.42. The van der Waals surface area contributed by atoms with Gasteiger partial charge in [-0.3, -0.25) is 0 Å². The van der Waals surface area contributed by atoms with Crippen molar-refractivity contribution < 1.29 is 8.85 Å². The van der Waals surface area contributed by atoms with E-state index >= 15 is 0 Å². The summed E-state index contributed by atoms with van der Waals surface area (Å²) in [5.41, 5.74) is 0. The Morgan fingerprint density at radius 2 is 1.47 bits per heavy atom. The molecule has 0 aliphatic carbocycles. The molecule has 0 spiro atoms. The lowest BCUT2D eigenvalue weighted by Gasteiger charge is -2.30. The first-order valence-corrected chi connectivity index (χ1v) is 10.6. The SMILES string of the molecule is CCCCCCCO[Si](CC)(CC)OCC(C)CC. The van der Waals surface area contributed by atoms with E-state index in [1.807, 2.05) is 0 Å². The number of unbranched alkanes of at least 4 members (excludes halogenated alkanes) is 4. The fourth-order valence-corrected chi connectivity index (χ4v) is 4.58. The topological polar surface area (TPSA) is 18.5 Å². The quantitative estimate of drug-likeness (QED) is 0.328. The molecule has 0 N–H and O–H groups in total. The van der Waals surface area contributed by atoms with Crippen LogP contribution in [0.15, 0.2) is 0 Å². The van der Waals surface area contributed by atoms with Crippen LogP contribution in [0, 0.1) is 5.92 Å². The Hall–Kier alpha value is 0.137. The first kappa shape index (κ1) is 19.1. The van der Waals surface area contributed by atoms with Gasteiger partial charge in [-0.05, 0) is 24.4 Å². The summed E-state index contributed by atoms with van der Waals surface area (Å²) >= 11 is 0. The highest BCUT2D eigenvalue weighted by atomic mass is 28.4. The van der Waals surface area contributed by atoms with Gasteiger partial charge in [0.1, 0.15) is 0 Å². The smallest absolute Gasteiger partial charge is 0.337 e. The standard InChI is InChI=1S/C16H36O2Si/c1-6-10-11-12-13-14-17-19(8-3,9-4)18-15-16(5)7-2/h16H,6-15H2,1-5H3. The van der Waals surface area contributed by atoms with Gasteiger partial charge in [0.15, 0.2) is 0 Å². The van der Waals surface area contributed by atoms with Crippen LogP contribution in [0.2, 0.25) is 12.1 Å². The van der Waals surface area contributed by atoms with Crippen molar-refractivity contribution in [2.24, 2.45) is 5.92 Å². The van der Waals surface area contributed by atoms with Crippen molar-refractivity contribution in [3.05, 3.63) is 0 Å². The third kappa shape index (κ3) is 8.82. The third-order valence-corrected chi connectivity index (χ3v) is 7.60. The van der Waals surface area contributed by atoms with Crippen LogP contribution in [0.3, 0.4) is 0 Å². The minimum Gasteiger partial charge on any atom is -0.394 e. The van der Waals surface area contributed by atoms with E-state index in [0.29, 0.717) is 5.92 Å². The molecular weight excluding hydrogens is 252 g/mol. The lowest BCUT2D eigenvalue weighted by molar-refractivity contribution is 0.145. The maximum Gasteiger partial charge on any atom is 0.337 e. The van der Waals surface area contributed by atoms with Crippen molar-refractivity contribution in [2.75, 3.05) is 13.2 Å². The minimum atomic E-state index is -1.89. The second-order valence-electron chi connectivity index (χ2n) is 5.70. The Morgan fingerprint density at radius 1 is 0.842 bits per heavy atom. The summed E-state index contributed by atoms with van der Waals surface area (Å²) in [4.78, 5) is 0. The van der Waals surface area contributed by atoms with Crippen molar-refractivity contribution >= 4 is 8.56 Å². The van der Waals surface area contributed by atoms with Gasteiger partial charge in [-0.2, -0.15) is 0 Å². The van der Waals surface area contributed by atoms with Gasteiger partial charge in [0, 0.05) is 13.2 Å². The lowest BCUT2D eigenvalue weighted by atomic mass is 10.1. The molecule has 0 fully saturated rings. The molecule has 3 heteroatoms. The molecule has 0 amide bonds. The summed E-state index contributed by atoms with van der Waals surface area (Å²) in [6.45, 7) is 13.0. The summed E-state index contributed by atoms with van der Waals surface area (Å²) in [6.07, 6.45) is 7.70. The summed E-state index contributed by atoms with van der Waals surface area (Å²) < 4.78 is 12.4. The normalized spacial score (nSPS) is 13.7. The van der Waals surface area contributed by atoms with Gasteiger partial charge in [0.05, 0.1) is 0 Å². The van der Waals surface area contributed by atoms with Crippen LogP contribution >= 0.6 is 0 Å². The summed E-state index contributed by atoms with van der Waals surface area (Å²) in [7, 11) is -1.89. The summed E-state index contributed by atoms with van der Waals surface area (Å²) in [5, 5.41) is 0. The molecule has 0 bridgehead atoms. The van der Waals surface area contributed by atoms with E-state index in [2.05, 4.69) is 34.6 Å². The highest BCUT2D eigenvalue weighted by Gasteiger charge is 2.33. The Bertz CT molecular complexity index is 193. The van der Waals surface area contributed by atoms with E-state index in [-0.39, 0.29) is 0 Å². The number of hydrogen-bond acceptors (Lipinski definition) is 2. The van der Waals surface area contributed by atoms with Crippen LogP contribution in [0.25, 0.3) is 0 Å². The van der Waals surface area contributed by atoms with Gasteiger partial charge in [-0.1, -0.05) is 66.7 Å². The molecule has 1 unspecified atom stereocenters. The molecule has 0 aliphatic heterocycles. The van der Waals surface area contributed by atoms with Crippen LogP contribution in [0.4, 0.5) is 0 Å². The zero-order chi connectivity index (χ0) is 14.6. The van der Waals surface area contributed by atoms with E-state index in [1.165, 1.54) is 38.5 Å². The molecule has 19 heavy (non-hydrogen) atoms. The molecule has 0 radical (unpaired) electrons. The second kappa shape index (κ2) is 11.9. The molecule has 0 saturated carbocycles. The average molecular weight is 289 g/mol. The van der Waals surface area contributed by atoms with Crippen molar-refractivity contribution in [2.45, 2.75) is 85.2 Å². The zero-order valence-electron chi connectivity index (χ0n) is 14.0. The van der Waals surface area contributed by atoms with Crippen molar-refractivity contribution in [3.8, 4) is 0 Å². The van der Waals surface area contributed by atoms with Crippen molar-refractivity contribution in [1.82, 2.24) is 0 Å². The Balaban J connectivity index is 3.94. The molecule has 0 saturated heterocycles. The van der Waals surface area contributed by atoms with Crippen molar-refractivity contribution in [1.29, 1.82) is 0 Å². The Morgan fingerprint density at radius 3 is 2.00 bits per heavy atom. The van der Waals surface area contributed by atoms with Crippen LogP contribution in [0.1, 0.15) is 73.1 Å². The maximum absolute atomic E-state index is 6.23. The monoisotopic (exact) mass is 288 g/mol. The van der Waals surface area contributed by atoms with E-state index in [0.717, 1.165) is 25.3 Å². The largest absolute Gasteiger partial charge is 0.394 e. The highest BCUT2D eigenvalue weighted by Crippen LogP contribution is 2.21. The third-order valence-electron chi connectivity index (χ3n) is 4.02. The highest BCUT2D eigenvalue weighted by molar-refractivity contribution is 6.67.